The lowest BCUT2D eigenvalue weighted by Crippen LogP contribution is -2.29. The van der Waals surface area contributed by atoms with Crippen LogP contribution in [0.5, 0.6) is 0 Å². The summed E-state index contributed by atoms with van der Waals surface area (Å²) < 4.78 is 1.56. The van der Waals surface area contributed by atoms with Crippen LogP contribution in [-0.2, 0) is 4.79 Å². The van der Waals surface area contributed by atoms with Gasteiger partial charge in [-0.15, -0.1) is 12.4 Å². The van der Waals surface area contributed by atoms with Crippen LogP contribution in [0.15, 0.2) is 24.3 Å². The number of carbonyl (C=O) groups is 1. The van der Waals surface area contributed by atoms with Crippen molar-refractivity contribution in [3.8, 4) is 0 Å². The van der Waals surface area contributed by atoms with E-state index in [0.29, 0.717) is 5.15 Å². The van der Waals surface area contributed by atoms with Crippen LogP contribution in [0.4, 0.5) is 0 Å². The largest absolute Gasteiger partial charge is 0.322 e. The Labute approximate surface area is 110 Å². The topological polar surface area (TPSA) is 60.0 Å². The van der Waals surface area contributed by atoms with Crippen LogP contribution in [0.2, 0.25) is 5.15 Å². The van der Waals surface area contributed by atoms with Gasteiger partial charge >= 0.3 is 0 Å². The fraction of sp³-hybridized carbons (Fsp3) is 0.182. The zero-order valence-corrected chi connectivity index (χ0v) is 10.8. The highest BCUT2D eigenvalue weighted by Gasteiger charge is 2.12. The van der Waals surface area contributed by atoms with Crippen molar-refractivity contribution in [2.45, 2.75) is 6.92 Å². The Morgan fingerprint density at radius 1 is 1.47 bits per heavy atom. The summed E-state index contributed by atoms with van der Waals surface area (Å²) in [5, 5.41) is 1.52. The molecule has 3 N–H and O–H groups in total. The highest BCUT2D eigenvalue weighted by molar-refractivity contribution is 6.32. The second-order valence-electron chi connectivity index (χ2n) is 3.51. The minimum atomic E-state index is -0.275. The normalized spacial score (nSPS) is 10.1. The lowest BCUT2D eigenvalue weighted by atomic mass is 10.2. The van der Waals surface area contributed by atoms with Gasteiger partial charge in [-0.2, -0.15) is 0 Å². The summed E-state index contributed by atoms with van der Waals surface area (Å²) in [6, 6.07) is 7.68. The second kappa shape index (κ2) is 5.40. The van der Waals surface area contributed by atoms with Crippen molar-refractivity contribution in [1.29, 1.82) is 0 Å². The quantitative estimate of drug-likeness (QED) is 0.880. The van der Waals surface area contributed by atoms with E-state index in [9.17, 15) is 4.79 Å². The predicted octanol–water partition coefficient (Wildman–Crippen LogP) is 2.05. The molecule has 0 unspecified atom stereocenters. The van der Waals surface area contributed by atoms with E-state index in [1.807, 2.05) is 31.2 Å². The maximum absolute atomic E-state index is 11.3. The Morgan fingerprint density at radius 2 is 2.12 bits per heavy atom. The number of halogens is 2. The Balaban J connectivity index is 0.00000144. The third-order valence-corrected chi connectivity index (χ3v) is 2.93. The average Bonchev–Trinajstić information content (AvgIpc) is 2.55. The number of carbonyl (C=O) groups excluding carboxylic acids is 1. The molecule has 1 aromatic carbocycles. The molecule has 6 heteroatoms. The maximum Gasteiger partial charge on any atom is 0.252 e. The number of nitrogens with two attached hydrogens (primary N) is 1. The molecule has 0 aliphatic rings. The summed E-state index contributed by atoms with van der Waals surface area (Å²) in [6.07, 6.45) is 0. The summed E-state index contributed by atoms with van der Waals surface area (Å²) in [6.45, 7) is 1.84. The Morgan fingerprint density at radius 3 is 2.76 bits per heavy atom. The summed E-state index contributed by atoms with van der Waals surface area (Å²) in [7, 11) is 0. The van der Waals surface area contributed by atoms with Gasteiger partial charge in [-0.25, -0.2) is 4.68 Å². The lowest BCUT2D eigenvalue weighted by molar-refractivity contribution is -0.115. The second-order valence-corrected chi connectivity index (χ2v) is 3.87. The molecule has 17 heavy (non-hydrogen) atoms. The van der Waals surface area contributed by atoms with Crippen LogP contribution in [0, 0.1) is 6.92 Å². The van der Waals surface area contributed by atoms with Crippen molar-refractivity contribution in [2.75, 3.05) is 12.0 Å². The number of para-hydroxylation sites is 1. The number of hydrogen-bond donors (Lipinski definition) is 2. The fourth-order valence-corrected chi connectivity index (χ4v) is 1.89. The number of rotatable bonds is 2. The van der Waals surface area contributed by atoms with Gasteiger partial charge in [0.2, 0.25) is 0 Å². The molecular formula is C11H13Cl2N3O. The molecule has 0 bridgehead atoms. The molecule has 0 aliphatic carbocycles. The first-order chi connectivity index (χ1) is 7.65. The van der Waals surface area contributed by atoms with Crippen LogP contribution >= 0.6 is 24.0 Å². The Kier molecular flexibility index (Phi) is 4.40. The summed E-state index contributed by atoms with van der Waals surface area (Å²) in [4.78, 5) is 11.3. The number of aryl methyl sites for hydroxylation is 1. The molecule has 0 spiro atoms. The number of hydrogen-bond acceptors (Lipinski definition) is 2. The number of nitrogens with one attached hydrogen (secondary N) is 1. The third kappa shape index (κ3) is 2.39. The molecule has 1 aromatic heterocycles. The van der Waals surface area contributed by atoms with E-state index in [1.54, 1.807) is 4.68 Å². The molecule has 0 saturated heterocycles. The van der Waals surface area contributed by atoms with Crippen LogP contribution < -0.4 is 11.2 Å². The van der Waals surface area contributed by atoms with Gasteiger partial charge in [0.15, 0.2) is 0 Å². The van der Waals surface area contributed by atoms with E-state index in [4.69, 9.17) is 17.3 Å². The monoisotopic (exact) mass is 273 g/mol. The number of benzene rings is 1. The van der Waals surface area contributed by atoms with Crippen LogP contribution in [-0.4, -0.2) is 17.1 Å². The van der Waals surface area contributed by atoms with Crippen molar-refractivity contribution in [2.24, 2.45) is 5.73 Å². The van der Waals surface area contributed by atoms with Gasteiger partial charge in [0.25, 0.3) is 5.91 Å². The SMILES string of the molecule is Cc1c(Cl)n(NC(=O)CN)c2ccccc12.Cl. The third-order valence-electron chi connectivity index (χ3n) is 2.48. The number of aromatic nitrogens is 1. The van der Waals surface area contributed by atoms with Crippen LogP contribution in [0.3, 0.4) is 0 Å². The average molecular weight is 274 g/mol. The van der Waals surface area contributed by atoms with Crippen molar-refractivity contribution in [3.05, 3.63) is 35.0 Å². The number of nitrogens with zero attached hydrogens (tertiary/aromatic N) is 1. The molecule has 4 nitrogen and oxygen atoms in total. The molecule has 0 radical (unpaired) electrons. The first-order valence-electron chi connectivity index (χ1n) is 4.90. The van der Waals surface area contributed by atoms with Gasteiger partial charge in [-0.1, -0.05) is 29.8 Å². The standard InChI is InChI=1S/C11H12ClN3O.ClH/c1-7-8-4-2-3-5-9(8)15(11(7)12)14-10(16)6-13;/h2-5H,6,13H2,1H3,(H,14,16);1H. The van der Waals surface area contributed by atoms with Gasteiger partial charge in [0.1, 0.15) is 5.15 Å². The summed E-state index contributed by atoms with van der Waals surface area (Å²) in [5.74, 6) is -0.275. The smallest absolute Gasteiger partial charge is 0.252 e. The Bertz CT molecular complexity index is 551. The fourth-order valence-electron chi connectivity index (χ4n) is 1.65. The maximum atomic E-state index is 11.3. The first-order valence-corrected chi connectivity index (χ1v) is 5.28. The molecule has 0 fully saturated rings. The molecule has 0 atom stereocenters. The van der Waals surface area contributed by atoms with Crippen LogP contribution in [0.25, 0.3) is 10.9 Å². The zero-order valence-electron chi connectivity index (χ0n) is 9.24. The number of fused-ring (bicyclic) bond motifs is 1. The minimum absolute atomic E-state index is 0. The highest BCUT2D eigenvalue weighted by atomic mass is 35.5. The molecular weight excluding hydrogens is 261 g/mol. The van der Waals surface area contributed by atoms with Crippen molar-refractivity contribution >= 4 is 40.8 Å². The van der Waals surface area contributed by atoms with Gasteiger partial charge < -0.3 is 5.73 Å². The molecule has 0 aliphatic heterocycles. The Hall–Kier alpha value is -1.23. The highest BCUT2D eigenvalue weighted by Crippen LogP contribution is 2.27. The van der Waals surface area contributed by atoms with E-state index in [2.05, 4.69) is 5.43 Å². The van der Waals surface area contributed by atoms with Gasteiger partial charge in [-0.3, -0.25) is 10.2 Å². The van der Waals surface area contributed by atoms with E-state index in [-0.39, 0.29) is 24.9 Å². The molecule has 2 rings (SSSR count). The van der Waals surface area contributed by atoms with Crippen molar-refractivity contribution in [1.82, 2.24) is 4.68 Å². The number of amides is 1. The lowest BCUT2D eigenvalue weighted by Gasteiger charge is -2.07. The van der Waals surface area contributed by atoms with Crippen LogP contribution in [0.1, 0.15) is 5.56 Å². The molecule has 1 heterocycles. The van der Waals surface area contributed by atoms with Crippen molar-refractivity contribution < 1.29 is 4.79 Å². The summed E-state index contributed by atoms with van der Waals surface area (Å²) in [5.41, 5.74) is 9.70. The van der Waals surface area contributed by atoms with E-state index >= 15 is 0 Å². The first kappa shape index (κ1) is 13.8. The van der Waals surface area contributed by atoms with E-state index < -0.39 is 0 Å². The van der Waals surface area contributed by atoms with Crippen molar-refractivity contribution in [3.63, 3.8) is 0 Å². The van der Waals surface area contributed by atoms with Gasteiger partial charge in [0.05, 0.1) is 12.1 Å². The minimum Gasteiger partial charge on any atom is -0.322 e. The van der Waals surface area contributed by atoms with Gasteiger partial charge in [0, 0.05) is 5.39 Å². The zero-order chi connectivity index (χ0) is 11.7. The molecule has 1 amide bonds. The molecule has 2 aromatic rings. The van der Waals surface area contributed by atoms with E-state index in [1.165, 1.54) is 0 Å². The summed E-state index contributed by atoms with van der Waals surface area (Å²) >= 11 is 6.15. The van der Waals surface area contributed by atoms with E-state index in [0.717, 1.165) is 16.5 Å². The van der Waals surface area contributed by atoms with Gasteiger partial charge in [-0.05, 0) is 18.6 Å². The molecule has 92 valence electrons. The molecule has 0 saturated carbocycles. The predicted molar refractivity (Wildman–Crippen MR) is 72.4 cm³/mol.